The molecule has 0 aliphatic heterocycles. The Balaban J connectivity index is 3.39. The van der Waals surface area contributed by atoms with Gasteiger partial charge in [-0.25, -0.2) is 0 Å². The fraction of sp³-hybridized carbons (Fsp3) is 0.897. The van der Waals surface area contributed by atoms with Crippen LogP contribution in [0.2, 0.25) is 0 Å². The van der Waals surface area contributed by atoms with Crippen LogP contribution in [0.3, 0.4) is 0 Å². The van der Waals surface area contributed by atoms with E-state index in [1.54, 1.807) is 0 Å². The van der Waals surface area contributed by atoms with Gasteiger partial charge in [-0.2, -0.15) is 0 Å². The number of rotatable bonds is 53. The maximum Gasteiger partial charge on any atom is 0.305 e. The maximum absolute atomic E-state index is 12.4. The van der Waals surface area contributed by atoms with Crippen LogP contribution in [0.5, 0.6) is 0 Å². The Morgan fingerprint density at radius 3 is 1.11 bits per heavy atom. The summed E-state index contributed by atoms with van der Waals surface area (Å²) in [5, 5.41) is 23.1. The van der Waals surface area contributed by atoms with Gasteiger partial charge in [0, 0.05) is 12.8 Å². The van der Waals surface area contributed by atoms with Crippen LogP contribution in [0.25, 0.3) is 0 Å². The van der Waals surface area contributed by atoms with Gasteiger partial charge in [0.15, 0.2) is 0 Å². The minimum absolute atomic E-state index is 0.00284. The molecular weight excluding hydrogens is 791 g/mol. The van der Waals surface area contributed by atoms with Gasteiger partial charge in [0.25, 0.3) is 0 Å². The number of nitrogens with one attached hydrogen (secondary N) is 1. The summed E-state index contributed by atoms with van der Waals surface area (Å²) in [5.74, 6) is -0.0399. The summed E-state index contributed by atoms with van der Waals surface area (Å²) >= 11 is 0. The molecule has 0 saturated carbocycles. The molecule has 2 unspecified atom stereocenters. The molecular formula is C58H111NO5. The normalized spacial score (nSPS) is 12.8. The van der Waals surface area contributed by atoms with Crippen molar-refractivity contribution in [3.05, 3.63) is 24.3 Å². The van der Waals surface area contributed by atoms with Crippen LogP contribution < -0.4 is 5.32 Å². The van der Waals surface area contributed by atoms with Crippen LogP contribution in [-0.2, 0) is 14.3 Å². The first-order chi connectivity index (χ1) is 31.5. The molecule has 64 heavy (non-hydrogen) atoms. The molecule has 0 radical (unpaired) electrons. The van der Waals surface area contributed by atoms with Crippen molar-refractivity contribution in [2.75, 3.05) is 13.2 Å². The maximum atomic E-state index is 12.4. The van der Waals surface area contributed by atoms with E-state index in [0.717, 1.165) is 44.9 Å². The largest absolute Gasteiger partial charge is 0.466 e. The average Bonchev–Trinajstić information content (AvgIpc) is 3.29. The van der Waals surface area contributed by atoms with Crippen molar-refractivity contribution in [1.82, 2.24) is 5.32 Å². The molecule has 0 aromatic heterocycles. The molecule has 2 atom stereocenters. The molecule has 6 heteroatoms. The highest BCUT2D eigenvalue weighted by Crippen LogP contribution is 2.16. The summed E-state index contributed by atoms with van der Waals surface area (Å²) in [6.07, 6.45) is 64.6. The Labute approximate surface area is 399 Å². The lowest BCUT2D eigenvalue weighted by Gasteiger charge is -2.22. The number of carbonyl (C=O) groups excluding carboxylic acids is 2. The van der Waals surface area contributed by atoms with E-state index in [-0.39, 0.29) is 18.5 Å². The smallest absolute Gasteiger partial charge is 0.305 e. The Hall–Kier alpha value is -1.66. The number of amides is 1. The highest BCUT2D eigenvalue weighted by Gasteiger charge is 2.20. The average molecular weight is 903 g/mol. The minimum Gasteiger partial charge on any atom is -0.466 e. The van der Waals surface area contributed by atoms with Crippen molar-refractivity contribution in [1.29, 1.82) is 0 Å². The predicted molar refractivity (Wildman–Crippen MR) is 278 cm³/mol. The second-order valence-corrected chi connectivity index (χ2v) is 19.6. The van der Waals surface area contributed by atoms with Gasteiger partial charge < -0.3 is 20.3 Å². The number of hydrogen-bond donors (Lipinski definition) is 3. The Morgan fingerprint density at radius 2 is 0.734 bits per heavy atom. The monoisotopic (exact) mass is 902 g/mol. The molecule has 0 aliphatic carbocycles. The summed E-state index contributed by atoms with van der Waals surface area (Å²) in [6.45, 7) is 4.93. The zero-order chi connectivity index (χ0) is 46.5. The zero-order valence-corrected chi connectivity index (χ0v) is 43.0. The number of carbonyl (C=O) groups is 2. The summed E-state index contributed by atoms with van der Waals surface area (Å²) in [7, 11) is 0. The first-order valence-electron chi connectivity index (χ1n) is 28.6. The van der Waals surface area contributed by atoms with Gasteiger partial charge in [-0.05, 0) is 77.0 Å². The molecule has 0 heterocycles. The first-order valence-corrected chi connectivity index (χ1v) is 28.6. The van der Waals surface area contributed by atoms with E-state index in [9.17, 15) is 19.8 Å². The van der Waals surface area contributed by atoms with E-state index in [1.807, 2.05) is 0 Å². The van der Waals surface area contributed by atoms with Crippen LogP contribution in [-0.4, -0.2) is 47.4 Å². The number of ether oxygens (including phenoxy) is 1. The SMILES string of the molecule is CCCCCCC/C=C\CCCCCCCC(=O)OCCCCCCCCCCCCCC/C=C\CCCCCCCCCC(=O)NC(CO)C(O)CCCCCCCCCCCC. The number of aliphatic hydroxyl groups is 2. The quantitative estimate of drug-likeness (QED) is 0.0321. The second kappa shape index (κ2) is 54.0. The summed E-state index contributed by atoms with van der Waals surface area (Å²) in [6, 6.07) is -0.544. The first kappa shape index (κ1) is 62.3. The summed E-state index contributed by atoms with van der Waals surface area (Å²) in [5.41, 5.74) is 0. The van der Waals surface area contributed by atoms with Crippen LogP contribution in [0.1, 0.15) is 309 Å². The topological polar surface area (TPSA) is 95.9 Å². The molecule has 3 N–H and O–H groups in total. The van der Waals surface area contributed by atoms with Gasteiger partial charge in [0.05, 0.1) is 25.4 Å². The molecule has 0 spiro atoms. The number of hydrogen-bond acceptors (Lipinski definition) is 5. The predicted octanol–water partition coefficient (Wildman–Crippen LogP) is 17.5. The molecule has 0 saturated heterocycles. The van der Waals surface area contributed by atoms with Gasteiger partial charge in [-0.3, -0.25) is 9.59 Å². The molecule has 378 valence electrons. The van der Waals surface area contributed by atoms with Crippen molar-refractivity contribution in [3.8, 4) is 0 Å². The third-order valence-electron chi connectivity index (χ3n) is 13.2. The molecule has 1 amide bonds. The lowest BCUT2D eigenvalue weighted by atomic mass is 10.0. The number of allylic oxidation sites excluding steroid dienone is 4. The third-order valence-corrected chi connectivity index (χ3v) is 13.2. The Morgan fingerprint density at radius 1 is 0.422 bits per heavy atom. The van der Waals surface area contributed by atoms with Crippen LogP contribution >= 0.6 is 0 Å². The van der Waals surface area contributed by atoms with Crippen molar-refractivity contribution >= 4 is 11.9 Å². The van der Waals surface area contributed by atoms with Gasteiger partial charge in [0.1, 0.15) is 0 Å². The van der Waals surface area contributed by atoms with E-state index < -0.39 is 12.1 Å². The number of unbranched alkanes of at least 4 members (excludes halogenated alkanes) is 38. The second-order valence-electron chi connectivity index (χ2n) is 19.6. The van der Waals surface area contributed by atoms with Crippen LogP contribution in [0.15, 0.2) is 24.3 Å². The van der Waals surface area contributed by atoms with Crippen molar-refractivity contribution in [2.45, 2.75) is 321 Å². The van der Waals surface area contributed by atoms with Gasteiger partial charge in [0.2, 0.25) is 5.91 Å². The molecule has 6 nitrogen and oxygen atoms in total. The highest BCUT2D eigenvalue weighted by atomic mass is 16.5. The van der Waals surface area contributed by atoms with Crippen molar-refractivity contribution < 1.29 is 24.5 Å². The molecule has 0 aliphatic rings. The molecule has 0 aromatic carbocycles. The fourth-order valence-corrected chi connectivity index (χ4v) is 8.81. The zero-order valence-electron chi connectivity index (χ0n) is 43.0. The number of esters is 1. The van der Waals surface area contributed by atoms with Crippen molar-refractivity contribution in [3.63, 3.8) is 0 Å². The van der Waals surface area contributed by atoms with E-state index in [2.05, 4.69) is 43.5 Å². The molecule has 0 aromatic rings. The lowest BCUT2D eigenvalue weighted by molar-refractivity contribution is -0.143. The third kappa shape index (κ3) is 49.8. The standard InChI is InChI=1S/C58H111NO5/c1-3-5-7-9-11-13-15-16-29-32-36-40-44-48-52-58(63)64-53-49-45-41-37-33-30-27-25-23-21-19-17-18-20-22-24-26-28-31-35-39-43-47-51-57(62)59-55(54-60)56(61)50-46-42-38-34-14-12-10-8-6-4-2/h15-16,20,22,55-56,60-61H,3-14,17-19,21,23-54H2,1-2H3,(H,59,62)/b16-15-,22-20-. The van der Waals surface area contributed by atoms with Crippen molar-refractivity contribution in [2.24, 2.45) is 0 Å². The van der Waals surface area contributed by atoms with Gasteiger partial charge >= 0.3 is 5.97 Å². The minimum atomic E-state index is -0.666. The number of aliphatic hydroxyl groups excluding tert-OH is 2. The van der Waals surface area contributed by atoms with E-state index >= 15 is 0 Å². The van der Waals surface area contributed by atoms with E-state index in [0.29, 0.717) is 25.9 Å². The van der Waals surface area contributed by atoms with Gasteiger partial charge in [-0.1, -0.05) is 244 Å². The van der Waals surface area contributed by atoms with Crippen LogP contribution in [0.4, 0.5) is 0 Å². The highest BCUT2D eigenvalue weighted by molar-refractivity contribution is 5.76. The molecule has 0 rings (SSSR count). The Kier molecular flexibility index (Phi) is 52.6. The molecule has 0 fully saturated rings. The van der Waals surface area contributed by atoms with E-state index in [4.69, 9.17) is 4.74 Å². The van der Waals surface area contributed by atoms with E-state index in [1.165, 1.54) is 231 Å². The summed E-state index contributed by atoms with van der Waals surface area (Å²) < 4.78 is 5.47. The fourth-order valence-electron chi connectivity index (χ4n) is 8.81. The van der Waals surface area contributed by atoms with Crippen LogP contribution in [0, 0.1) is 0 Å². The van der Waals surface area contributed by atoms with Gasteiger partial charge in [-0.15, -0.1) is 0 Å². The Bertz CT molecular complexity index is 997. The summed E-state index contributed by atoms with van der Waals surface area (Å²) in [4.78, 5) is 24.4. The molecule has 0 bridgehead atoms. The lowest BCUT2D eigenvalue weighted by Crippen LogP contribution is -2.45.